The van der Waals surface area contributed by atoms with Gasteiger partial charge in [0, 0.05) is 19.2 Å². The summed E-state index contributed by atoms with van der Waals surface area (Å²) < 4.78 is 12.5. The van der Waals surface area contributed by atoms with E-state index < -0.39 is 0 Å². The van der Waals surface area contributed by atoms with Gasteiger partial charge in [0.1, 0.15) is 5.69 Å². The summed E-state index contributed by atoms with van der Waals surface area (Å²) in [6.45, 7) is 1.27. The van der Waals surface area contributed by atoms with Crippen LogP contribution in [0.1, 0.15) is 29.8 Å². The van der Waals surface area contributed by atoms with Gasteiger partial charge in [0.05, 0.1) is 25.4 Å². The first-order valence-corrected chi connectivity index (χ1v) is 7.22. The number of fused-ring (bicyclic) bond motifs is 1. The van der Waals surface area contributed by atoms with Crippen molar-refractivity contribution < 1.29 is 14.3 Å². The molecule has 1 saturated heterocycles. The van der Waals surface area contributed by atoms with Crippen LogP contribution in [-0.2, 0) is 16.5 Å². The molecule has 21 heavy (non-hydrogen) atoms. The molecule has 2 aliphatic rings. The number of nitrogens with one attached hydrogen (secondary N) is 1. The van der Waals surface area contributed by atoms with Gasteiger partial charge in [-0.2, -0.15) is 5.10 Å². The van der Waals surface area contributed by atoms with E-state index in [1.807, 2.05) is 0 Å². The minimum Gasteiger partial charge on any atom is -0.373 e. The molecule has 114 valence electrons. The van der Waals surface area contributed by atoms with Crippen molar-refractivity contribution in [2.75, 3.05) is 13.2 Å². The van der Waals surface area contributed by atoms with E-state index in [0.717, 1.165) is 23.9 Å². The lowest BCUT2D eigenvalue weighted by atomic mass is 9.89. The van der Waals surface area contributed by atoms with Gasteiger partial charge in [-0.05, 0) is 25.3 Å². The predicted octanol–water partition coefficient (Wildman–Crippen LogP) is -0.153. The summed E-state index contributed by atoms with van der Waals surface area (Å²) in [6, 6.07) is 2.85. The quantitative estimate of drug-likeness (QED) is 0.820. The van der Waals surface area contributed by atoms with Crippen LogP contribution in [0.15, 0.2) is 16.9 Å². The molecule has 3 rings (SSSR count). The summed E-state index contributed by atoms with van der Waals surface area (Å²) in [5, 5.41) is 6.92. The summed E-state index contributed by atoms with van der Waals surface area (Å²) in [4.78, 5) is 23.5. The summed E-state index contributed by atoms with van der Waals surface area (Å²) in [6.07, 6.45) is 2.72. The number of nitrogens with zero attached hydrogens (tertiary/aromatic N) is 2. The molecule has 0 aromatic carbocycles. The molecule has 1 aliphatic heterocycles. The van der Waals surface area contributed by atoms with Crippen LogP contribution in [0.2, 0.25) is 0 Å². The van der Waals surface area contributed by atoms with Gasteiger partial charge in [-0.15, -0.1) is 0 Å². The molecule has 7 nitrogen and oxygen atoms in total. The van der Waals surface area contributed by atoms with Crippen LogP contribution >= 0.6 is 0 Å². The Bertz CT molecular complexity index is 586. The first kappa shape index (κ1) is 14.2. The smallest absolute Gasteiger partial charge is 0.271 e. The molecule has 1 aromatic rings. The molecule has 0 radical (unpaired) electrons. The van der Waals surface area contributed by atoms with Gasteiger partial charge in [0.15, 0.2) is 0 Å². The molecule has 0 unspecified atom stereocenters. The molecular formula is C14H19N3O4. The van der Waals surface area contributed by atoms with Gasteiger partial charge >= 0.3 is 0 Å². The molecule has 1 aromatic heterocycles. The fourth-order valence-electron chi connectivity index (χ4n) is 2.88. The second-order valence-electron chi connectivity index (χ2n) is 5.48. The Morgan fingerprint density at radius 3 is 2.81 bits per heavy atom. The highest BCUT2D eigenvalue weighted by molar-refractivity contribution is 5.92. The van der Waals surface area contributed by atoms with E-state index in [1.165, 1.54) is 19.2 Å². The van der Waals surface area contributed by atoms with E-state index in [0.29, 0.717) is 13.2 Å². The van der Waals surface area contributed by atoms with E-state index in [4.69, 9.17) is 9.47 Å². The number of hydrogen-bond acceptors (Lipinski definition) is 5. The van der Waals surface area contributed by atoms with E-state index in [-0.39, 0.29) is 35.4 Å². The second-order valence-corrected chi connectivity index (χ2v) is 5.48. The topological polar surface area (TPSA) is 82.5 Å². The highest BCUT2D eigenvalue weighted by Gasteiger charge is 2.34. The maximum atomic E-state index is 12.2. The summed E-state index contributed by atoms with van der Waals surface area (Å²) in [7, 11) is 1.53. The monoisotopic (exact) mass is 293 g/mol. The molecule has 7 heteroatoms. The van der Waals surface area contributed by atoms with E-state index in [2.05, 4.69) is 10.4 Å². The number of carbonyl (C=O) groups excluding carboxylic acids is 1. The average molecular weight is 293 g/mol. The maximum Gasteiger partial charge on any atom is 0.271 e. The fraction of sp³-hybridized carbons (Fsp3) is 0.643. The van der Waals surface area contributed by atoms with Crippen molar-refractivity contribution in [3.05, 3.63) is 28.2 Å². The van der Waals surface area contributed by atoms with E-state index in [9.17, 15) is 9.59 Å². The first-order chi connectivity index (χ1) is 10.1. The van der Waals surface area contributed by atoms with Gasteiger partial charge in [-0.25, -0.2) is 4.68 Å². The molecule has 3 atom stereocenters. The lowest BCUT2D eigenvalue weighted by Crippen LogP contribution is -2.49. The SMILES string of the molecule is Cn1nc(C(=O)N[C@@H]2CC[C@@H]3OCCO[C@H]3C2)ccc1=O. The zero-order valence-corrected chi connectivity index (χ0v) is 11.9. The Hall–Kier alpha value is -1.73. The van der Waals surface area contributed by atoms with Crippen LogP contribution in [-0.4, -0.2) is 47.2 Å². The molecule has 2 fully saturated rings. The molecule has 1 saturated carbocycles. The highest BCUT2D eigenvalue weighted by atomic mass is 16.6. The summed E-state index contributed by atoms with van der Waals surface area (Å²) in [5.74, 6) is -0.259. The van der Waals surface area contributed by atoms with Crippen LogP contribution in [0.25, 0.3) is 0 Å². The normalized spacial score (nSPS) is 28.7. The number of rotatable bonds is 2. The van der Waals surface area contributed by atoms with Crippen molar-refractivity contribution in [2.45, 2.75) is 37.5 Å². The van der Waals surface area contributed by atoms with Crippen LogP contribution < -0.4 is 10.9 Å². The third-order valence-corrected chi connectivity index (χ3v) is 4.01. The molecule has 1 amide bonds. The van der Waals surface area contributed by atoms with Crippen molar-refractivity contribution in [1.29, 1.82) is 0 Å². The Morgan fingerprint density at radius 2 is 2.05 bits per heavy atom. The fourth-order valence-corrected chi connectivity index (χ4v) is 2.88. The Balaban J connectivity index is 1.62. The third kappa shape index (κ3) is 3.14. The molecular weight excluding hydrogens is 274 g/mol. The molecule has 2 heterocycles. The first-order valence-electron chi connectivity index (χ1n) is 7.22. The number of hydrogen-bond donors (Lipinski definition) is 1. The molecule has 1 N–H and O–H groups in total. The summed E-state index contributed by atoms with van der Waals surface area (Å²) in [5.41, 5.74) is 0.0137. The number of ether oxygens (including phenoxy) is 2. The van der Waals surface area contributed by atoms with Crippen LogP contribution in [0.5, 0.6) is 0 Å². The maximum absolute atomic E-state index is 12.2. The van der Waals surface area contributed by atoms with Gasteiger partial charge in [0.25, 0.3) is 11.5 Å². The Labute approximate surface area is 122 Å². The molecule has 1 aliphatic carbocycles. The van der Waals surface area contributed by atoms with Crippen LogP contribution in [0.4, 0.5) is 0 Å². The number of carbonyl (C=O) groups is 1. The minimum atomic E-state index is -0.259. The Kier molecular flexibility index (Phi) is 4.03. The van der Waals surface area contributed by atoms with Gasteiger partial charge in [-0.3, -0.25) is 9.59 Å². The lowest BCUT2D eigenvalue weighted by molar-refractivity contribution is -0.157. The third-order valence-electron chi connectivity index (χ3n) is 4.01. The Morgan fingerprint density at radius 1 is 1.29 bits per heavy atom. The highest BCUT2D eigenvalue weighted by Crippen LogP contribution is 2.26. The van der Waals surface area contributed by atoms with Crippen molar-refractivity contribution in [3.63, 3.8) is 0 Å². The van der Waals surface area contributed by atoms with Gasteiger partial charge < -0.3 is 14.8 Å². The van der Waals surface area contributed by atoms with Gasteiger partial charge in [-0.1, -0.05) is 0 Å². The minimum absolute atomic E-state index is 0.0551. The molecule has 0 bridgehead atoms. The van der Waals surface area contributed by atoms with Crippen molar-refractivity contribution in [1.82, 2.24) is 15.1 Å². The van der Waals surface area contributed by atoms with Crippen molar-refractivity contribution >= 4 is 5.91 Å². The second kappa shape index (κ2) is 5.95. The number of amides is 1. The predicted molar refractivity (Wildman–Crippen MR) is 74.1 cm³/mol. The zero-order chi connectivity index (χ0) is 14.8. The number of aryl methyl sites for hydroxylation is 1. The van der Waals surface area contributed by atoms with Crippen molar-refractivity contribution in [3.8, 4) is 0 Å². The largest absolute Gasteiger partial charge is 0.373 e. The average Bonchev–Trinajstić information content (AvgIpc) is 2.50. The summed E-state index contributed by atoms with van der Waals surface area (Å²) >= 11 is 0. The van der Waals surface area contributed by atoms with E-state index in [1.54, 1.807) is 0 Å². The van der Waals surface area contributed by atoms with Gasteiger partial charge in [0.2, 0.25) is 0 Å². The van der Waals surface area contributed by atoms with Crippen molar-refractivity contribution in [2.24, 2.45) is 7.05 Å². The lowest BCUT2D eigenvalue weighted by Gasteiger charge is -2.39. The van der Waals surface area contributed by atoms with E-state index >= 15 is 0 Å². The molecule has 0 spiro atoms. The standard InChI is InChI=1S/C14H19N3O4/c1-17-13(18)5-3-10(16-17)14(19)15-9-2-4-11-12(8-9)21-7-6-20-11/h3,5,9,11-12H,2,4,6-8H2,1H3,(H,15,19)/t9-,11+,12+/m1/s1. The zero-order valence-electron chi connectivity index (χ0n) is 11.9. The van der Waals surface area contributed by atoms with Crippen LogP contribution in [0.3, 0.4) is 0 Å². The van der Waals surface area contributed by atoms with Crippen LogP contribution in [0, 0.1) is 0 Å². The number of aromatic nitrogens is 2.